The van der Waals surface area contributed by atoms with Crippen LogP contribution in [0.25, 0.3) is 0 Å². The lowest BCUT2D eigenvalue weighted by molar-refractivity contribution is -0.248. The number of ether oxygens (including phenoxy) is 1. The van der Waals surface area contributed by atoms with Crippen molar-refractivity contribution in [1.82, 2.24) is 0 Å². The molecule has 0 N–H and O–H groups in total. The molecule has 12 heavy (non-hydrogen) atoms. The fourth-order valence-electron chi connectivity index (χ4n) is 0.440. The van der Waals surface area contributed by atoms with Gasteiger partial charge in [-0.1, -0.05) is 0 Å². The van der Waals surface area contributed by atoms with E-state index in [0.29, 0.717) is 6.92 Å². The van der Waals surface area contributed by atoms with Gasteiger partial charge in [0.15, 0.2) is 0 Å². The number of hydrogen-bond acceptors (Lipinski definition) is 2. The van der Waals surface area contributed by atoms with Crippen LogP contribution in [-0.4, -0.2) is 24.7 Å². The van der Waals surface area contributed by atoms with Crippen molar-refractivity contribution in [1.29, 1.82) is 0 Å². The van der Waals surface area contributed by atoms with Crippen molar-refractivity contribution in [2.75, 3.05) is 0 Å². The van der Waals surface area contributed by atoms with Crippen LogP contribution in [0.5, 0.6) is 0 Å². The van der Waals surface area contributed by atoms with E-state index in [4.69, 9.17) is 0 Å². The van der Waals surface area contributed by atoms with Crippen molar-refractivity contribution >= 4 is 5.97 Å². The Balaban J connectivity index is 4.35. The Labute approximate surface area is 64.3 Å². The molecular weight excluding hydrogens is 187 g/mol. The predicted octanol–water partition coefficient (Wildman–Crippen LogP) is 1.75. The molecular formula is C5H5F5O2. The predicted molar refractivity (Wildman–Crippen MR) is 27.6 cm³/mol. The first kappa shape index (κ1) is 11.1. The number of carbonyl (C=O) groups is 1. The minimum Gasteiger partial charge on any atom is -0.447 e. The van der Waals surface area contributed by atoms with Gasteiger partial charge in [0, 0.05) is 6.92 Å². The quantitative estimate of drug-likeness (QED) is 0.492. The van der Waals surface area contributed by atoms with E-state index in [1.165, 1.54) is 0 Å². The van der Waals surface area contributed by atoms with Crippen LogP contribution in [0.1, 0.15) is 6.92 Å². The summed E-state index contributed by atoms with van der Waals surface area (Å²) in [6, 6.07) is 0. The van der Waals surface area contributed by atoms with Crippen LogP contribution in [0.15, 0.2) is 0 Å². The van der Waals surface area contributed by atoms with Gasteiger partial charge >= 0.3 is 12.1 Å². The lowest BCUT2D eigenvalue weighted by atomic mass is 10.3. The number of hydrogen-bond donors (Lipinski definition) is 0. The van der Waals surface area contributed by atoms with Crippen LogP contribution in [0, 0.1) is 0 Å². The molecule has 0 aliphatic heterocycles. The van der Waals surface area contributed by atoms with E-state index in [-0.39, 0.29) is 0 Å². The van der Waals surface area contributed by atoms with Gasteiger partial charge in [-0.3, -0.25) is 4.79 Å². The van der Waals surface area contributed by atoms with Crippen molar-refractivity contribution in [2.24, 2.45) is 0 Å². The summed E-state index contributed by atoms with van der Waals surface area (Å²) in [4.78, 5) is 9.95. The van der Waals surface area contributed by atoms with E-state index < -0.39 is 24.7 Å². The Morgan fingerprint density at radius 1 is 1.33 bits per heavy atom. The van der Waals surface area contributed by atoms with Gasteiger partial charge in [0.2, 0.25) is 0 Å². The van der Waals surface area contributed by atoms with Crippen molar-refractivity contribution in [3.63, 3.8) is 0 Å². The maximum atomic E-state index is 11.6. The summed E-state index contributed by atoms with van der Waals surface area (Å²) < 4.78 is 61.2. The lowest BCUT2D eigenvalue weighted by Gasteiger charge is -2.18. The highest BCUT2D eigenvalue weighted by Gasteiger charge is 2.48. The molecule has 2 nitrogen and oxygen atoms in total. The minimum atomic E-state index is -5.22. The topological polar surface area (TPSA) is 26.3 Å². The van der Waals surface area contributed by atoms with Crippen molar-refractivity contribution in [3.05, 3.63) is 0 Å². The lowest BCUT2D eigenvalue weighted by Crippen LogP contribution is -2.39. The molecule has 0 aromatic heterocycles. The van der Waals surface area contributed by atoms with Gasteiger partial charge < -0.3 is 4.74 Å². The van der Waals surface area contributed by atoms with E-state index in [9.17, 15) is 26.7 Å². The summed E-state index contributed by atoms with van der Waals surface area (Å²) in [6.07, 6.45) is -12.3. The molecule has 0 heterocycles. The van der Waals surface area contributed by atoms with E-state index in [2.05, 4.69) is 4.74 Å². The first-order chi connectivity index (χ1) is 5.25. The van der Waals surface area contributed by atoms with E-state index in [1.807, 2.05) is 0 Å². The molecule has 0 radical (unpaired) electrons. The van der Waals surface area contributed by atoms with Gasteiger partial charge in [-0.2, -0.15) is 13.2 Å². The molecule has 1 atom stereocenters. The second-order valence-corrected chi connectivity index (χ2v) is 1.91. The number of rotatable bonds is 2. The summed E-state index contributed by atoms with van der Waals surface area (Å²) in [5.74, 6) is -1.39. The van der Waals surface area contributed by atoms with Crippen molar-refractivity contribution in [3.8, 4) is 0 Å². The van der Waals surface area contributed by atoms with E-state index in [0.717, 1.165) is 0 Å². The second-order valence-electron chi connectivity index (χ2n) is 1.91. The number of halogens is 5. The molecule has 0 saturated carbocycles. The average molecular weight is 192 g/mol. The van der Waals surface area contributed by atoms with Crippen LogP contribution < -0.4 is 0 Å². The molecule has 0 spiro atoms. The van der Waals surface area contributed by atoms with Crippen LogP contribution in [0.3, 0.4) is 0 Å². The monoisotopic (exact) mass is 192 g/mol. The Bertz CT molecular complexity index is 164. The smallest absolute Gasteiger partial charge is 0.431 e. The molecule has 0 fully saturated rings. The Hall–Kier alpha value is -0.880. The Morgan fingerprint density at radius 2 is 1.75 bits per heavy atom. The number of alkyl halides is 5. The van der Waals surface area contributed by atoms with E-state index >= 15 is 0 Å². The maximum absolute atomic E-state index is 11.6. The molecule has 0 saturated heterocycles. The summed E-state index contributed by atoms with van der Waals surface area (Å²) in [6.45, 7) is 0.626. The molecule has 1 unspecified atom stereocenters. The average Bonchev–Trinajstić information content (AvgIpc) is 1.79. The van der Waals surface area contributed by atoms with Crippen molar-refractivity contribution in [2.45, 2.75) is 25.6 Å². The third-order valence-electron chi connectivity index (χ3n) is 0.844. The highest BCUT2D eigenvalue weighted by atomic mass is 19.4. The molecule has 0 aromatic carbocycles. The SMILES string of the molecule is CC(=O)OC(C(F)F)C(F)(F)F. The molecule has 0 amide bonds. The third kappa shape index (κ3) is 3.49. The molecule has 7 heteroatoms. The Morgan fingerprint density at radius 3 is 1.83 bits per heavy atom. The molecule has 0 aromatic rings. The fourth-order valence-corrected chi connectivity index (χ4v) is 0.440. The summed E-state index contributed by atoms with van der Waals surface area (Å²) in [5, 5.41) is 0. The van der Waals surface area contributed by atoms with Gasteiger partial charge in [-0.15, -0.1) is 0 Å². The molecule has 0 bridgehead atoms. The normalized spacial score (nSPS) is 14.6. The zero-order valence-corrected chi connectivity index (χ0v) is 5.86. The van der Waals surface area contributed by atoms with Gasteiger partial charge in [-0.25, -0.2) is 8.78 Å². The first-order valence-corrected chi connectivity index (χ1v) is 2.77. The zero-order valence-electron chi connectivity index (χ0n) is 5.86. The summed E-state index contributed by atoms with van der Waals surface area (Å²) in [7, 11) is 0. The van der Waals surface area contributed by atoms with Gasteiger partial charge in [0.05, 0.1) is 0 Å². The van der Waals surface area contributed by atoms with Crippen molar-refractivity contribution < 1.29 is 31.5 Å². The highest BCUT2D eigenvalue weighted by Crippen LogP contribution is 2.27. The van der Waals surface area contributed by atoms with Crippen LogP contribution in [0.2, 0.25) is 0 Å². The van der Waals surface area contributed by atoms with E-state index in [1.54, 1.807) is 0 Å². The molecule has 0 aliphatic rings. The summed E-state index contributed by atoms with van der Waals surface area (Å²) >= 11 is 0. The molecule has 0 rings (SSSR count). The van der Waals surface area contributed by atoms with Crippen LogP contribution in [-0.2, 0) is 9.53 Å². The zero-order chi connectivity index (χ0) is 9.94. The van der Waals surface area contributed by atoms with Gasteiger partial charge in [-0.05, 0) is 0 Å². The number of esters is 1. The fraction of sp³-hybridized carbons (Fsp3) is 0.800. The van der Waals surface area contributed by atoms with Crippen LogP contribution >= 0.6 is 0 Å². The first-order valence-electron chi connectivity index (χ1n) is 2.77. The minimum absolute atomic E-state index is 0.626. The number of carbonyl (C=O) groups excluding carboxylic acids is 1. The standard InChI is InChI=1S/C5H5F5O2/c1-2(11)12-3(4(6)7)5(8,9)10/h3-4H,1H3. The van der Waals surface area contributed by atoms with Crippen LogP contribution in [0.4, 0.5) is 22.0 Å². The van der Waals surface area contributed by atoms with Gasteiger partial charge in [0.25, 0.3) is 12.5 Å². The maximum Gasteiger partial charge on any atom is 0.431 e. The summed E-state index contributed by atoms with van der Waals surface area (Å²) in [5.41, 5.74) is 0. The Kier molecular flexibility index (Phi) is 3.41. The second kappa shape index (κ2) is 3.68. The molecule has 0 aliphatic carbocycles. The third-order valence-corrected chi connectivity index (χ3v) is 0.844. The largest absolute Gasteiger partial charge is 0.447 e. The highest BCUT2D eigenvalue weighted by molar-refractivity contribution is 5.66. The van der Waals surface area contributed by atoms with Gasteiger partial charge in [0.1, 0.15) is 0 Å². The molecule has 72 valence electrons.